The summed E-state index contributed by atoms with van der Waals surface area (Å²) in [6.45, 7) is 4.74. The van der Waals surface area contributed by atoms with Gasteiger partial charge in [-0.15, -0.1) is 0 Å². The summed E-state index contributed by atoms with van der Waals surface area (Å²) in [5, 5.41) is 50.3. The van der Waals surface area contributed by atoms with Gasteiger partial charge in [0.15, 0.2) is 12.4 Å². The van der Waals surface area contributed by atoms with E-state index in [-0.39, 0.29) is 23.0 Å². The fraction of sp³-hybridized carbons (Fsp3) is 0.960. The summed E-state index contributed by atoms with van der Waals surface area (Å²) < 4.78 is 11.4. The molecule has 1 heterocycles. The van der Waals surface area contributed by atoms with E-state index in [2.05, 4.69) is 13.8 Å². The molecule has 0 spiro atoms. The number of carboxylic acids is 1. The van der Waals surface area contributed by atoms with E-state index in [1.165, 1.54) is 12.8 Å². The summed E-state index contributed by atoms with van der Waals surface area (Å²) in [6.07, 6.45) is 1.19. The van der Waals surface area contributed by atoms with Crippen LogP contribution in [0.15, 0.2) is 0 Å². The van der Waals surface area contributed by atoms with Gasteiger partial charge in [0.25, 0.3) is 0 Å². The number of fused-ring (bicyclic) bond motifs is 5. The van der Waals surface area contributed by atoms with Crippen molar-refractivity contribution in [2.24, 2.45) is 34.5 Å². The molecule has 33 heavy (non-hydrogen) atoms. The van der Waals surface area contributed by atoms with E-state index < -0.39 is 36.7 Å². The summed E-state index contributed by atoms with van der Waals surface area (Å²) in [5.41, 5.74) is 0.300. The Morgan fingerprint density at radius 2 is 1.55 bits per heavy atom. The van der Waals surface area contributed by atoms with Gasteiger partial charge in [-0.05, 0) is 92.3 Å². The SMILES string of the molecule is C[C@]12CC[C@H](O[C@@H]3O[C@H](C(=O)O)[C@@H](O)[C@H](O)[C@H]3O)C[C@@H]1CC[C@@H]1[C@@H]2CC[C@]2(C)[C@@H](O)CC[C@@H]12. The number of hydrogen-bond donors (Lipinski definition) is 5. The van der Waals surface area contributed by atoms with Crippen molar-refractivity contribution >= 4 is 5.97 Å². The van der Waals surface area contributed by atoms with Gasteiger partial charge in [-0.25, -0.2) is 4.79 Å². The average molecular weight is 469 g/mol. The highest BCUT2D eigenvalue weighted by Gasteiger charge is 2.60. The van der Waals surface area contributed by atoms with Crippen molar-refractivity contribution < 1.29 is 39.8 Å². The Morgan fingerprint density at radius 1 is 0.848 bits per heavy atom. The van der Waals surface area contributed by atoms with Gasteiger partial charge >= 0.3 is 5.97 Å². The number of carbonyl (C=O) groups is 1. The van der Waals surface area contributed by atoms with Crippen LogP contribution in [0.4, 0.5) is 0 Å². The summed E-state index contributed by atoms with van der Waals surface area (Å²) in [7, 11) is 0. The molecule has 0 aromatic rings. The molecule has 13 atom stereocenters. The lowest BCUT2D eigenvalue weighted by Gasteiger charge is -2.61. The van der Waals surface area contributed by atoms with Crippen LogP contribution in [0.5, 0.6) is 0 Å². The lowest BCUT2D eigenvalue weighted by atomic mass is 9.45. The molecule has 188 valence electrons. The zero-order valence-electron chi connectivity index (χ0n) is 19.7. The quantitative estimate of drug-likeness (QED) is 0.395. The molecule has 5 N–H and O–H groups in total. The minimum atomic E-state index is -1.70. The van der Waals surface area contributed by atoms with E-state index in [1.54, 1.807) is 0 Å². The monoisotopic (exact) mass is 468 g/mol. The van der Waals surface area contributed by atoms with Crippen LogP contribution in [0.3, 0.4) is 0 Å². The van der Waals surface area contributed by atoms with Gasteiger partial charge in [0.2, 0.25) is 0 Å². The first-order valence-corrected chi connectivity index (χ1v) is 12.8. The van der Waals surface area contributed by atoms with Gasteiger partial charge in [0, 0.05) is 0 Å². The van der Waals surface area contributed by atoms with Gasteiger partial charge in [-0.2, -0.15) is 0 Å². The Labute approximate surface area is 195 Å². The van der Waals surface area contributed by atoms with Crippen LogP contribution in [0.2, 0.25) is 0 Å². The van der Waals surface area contributed by atoms with Crippen molar-refractivity contribution in [1.29, 1.82) is 0 Å². The van der Waals surface area contributed by atoms with Crippen molar-refractivity contribution in [3.05, 3.63) is 0 Å². The van der Waals surface area contributed by atoms with E-state index in [0.29, 0.717) is 23.7 Å². The Bertz CT molecular complexity index is 761. The zero-order chi connectivity index (χ0) is 23.7. The zero-order valence-corrected chi connectivity index (χ0v) is 19.7. The second kappa shape index (κ2) is 8.42. The Kier molecular flexibility index (Phi) is 6.11. The highest BCUT2D eigenvalue weighted by molar-refractivity contribution is 5.73. The lowest BCUT2D eigenvalue weighted by molar-refractivity contribution is -0.309. The number of ether oxygens (including phenoxy) is 2. The van der Waals surface area contributed by atoms with E-state index in [4.69, 9.17) is 9.47 Å². The molecular weight excluding hydrogens is 428 g/mol. The molecule has 0 amide bonds. The van der Waals surface area contributed by atoms with Crippen LogP contribution in [-0.4, -0.2) is 74.4 Å². The molecule has 4 saturated carbocycles. The summed E-state index contributed by atoms with van der Waals surface area (Å²) >= 11 is 0. The predicted molar refractivity (Wildman–Crippen MR) is 117 cm³/mol. The van der Waals surface area contributed by atoms with Crippen molar-refractivity contribution in [2.45, 2.75) is 115 Å². The Morgan fingerprint density at radius 3 is 2.27 bits per heavy atom. The van der Waals surface area contributed by atoms with Crippen LogP contribution in [0.25, 0.3) is 0 Å². The van der Waals surface area contributed by atoms with Gasteiger partial charge in [0.05, 0.1) is 12.2 Å². The largest absolute Gasteiger partial charge is 0.479 e. The van der Waals surface area contributed by atoms with Crippen LogP contribution < -0.4 is 0 Å². The van der Waals surface area contributed by atoms with Gasteiger partial charge in [-0.3, -0.25) is 0 Å². The molecule has 0 unspecified atom stereocenters. The first-order chi connectivity index (χ1) is 15.6. The van der Waals surface area contributed by atoms with E-state index in [0.717, 1.165) is 44.9 Å². The van der Waals surface area contributed by atoms with Crippen molar-refractivity contribution in [3.63, 3.8) is 0 Å². The highest BCUT2D eigenvalue weighted by Crippen LogP contribution is 2.66. The number of carboxylic acid groups (broad SMARTS) is 1. The topological polar surface area (TPSA) is 137 Å². The van der Waals surface area contributed by atoms with Gasteiger partial charge in [-0.1, -0.05) is 13.8 Å². The maximum atomic E-state index is 11.4. The molecule has 8 nitrogen and oxygen atoms in total. The Hall–Kier alpha value is -0.770. The number of rotatable bonds is 3. The second-order valence-corrected chi connectivity index (χ2v) is 12.1. The molecule has 1 saturated heterocycles. The van der Waals surface area contributed by atoms with E-state index in [1.807, 2.05) is 0 Å². The summed E-state index contributed by atoms with van der Waals surface area (Å²) in [5.74, 6) is 1.05. The van der Waals surface area contributed by atoms with Gasteiger partial charge < -0.3 is 35.0 Å². The van der Waals surface area contributed by atoms with Crippen molar-refractivity contribution in [3.8, 4) is 0 Å². The van der Waals surface area contributed by atoms with Crippen LogP contribution >= 0.6 is 0 Å². The third kappa shape index (κ3) is 3.67. The standard InChI is InChI=1S/C25H40O8/c1-24-9-7-13(32-23-20(29)18(27)19(28)21(33-23)22(30)31)11-12(24)3-4-14-15-5-6-17(26)25(15,2)10-8-16(14)24/h12-21,23,26-29H,3-11H2,1-2H3,(H,30,31)/t12-,13-,14-,15-,16-,17-,18-,19-,20+,21-,23+,24-,25-/m0/s1. The molecule has 8 heteroatoms. The molecule has 5 aliphatic rings. The predicted octanol–water partition coefficient (Wildman–Crippen LogP) is 1.67. The fourth-order valence-electron chi connectivity index (χ4n) is 8.67. The van der Waals surface area contributed by atoms with Crippen LogP contribution in [0.1, 0.15) is 71.6 Å². The molecule has 4 aliphatic carbocycles. The molecule has 0 aromatic carbocycles. The first-order valence-electron chi connectivity index (χ1n) is 12.8. The minimum Gasteiger partial charge on any atom is -0.479 e. The third-order valence-corrected chi connectivity index (χ3v) is 10.7. The van der Waals surface area contributed by atoms with Crippen LogP contribution in [0, 0.1) is 34.5 Å². The number of aliphatic hydroxyl groups excluding tert-OH is 4. The number of aliphatic carboxylic acids is 1. The van der Waals surface area contributed by atoms with Crippen molar-refractivity contribution in [2.75, 3.05) is 0 Å². The normalized spacial score (nSPS) is 56.5. The maximum Gasteiger partial charge on any atom is 0.335 e. The fourth-order valence-corrected chi connectivity index (χ4v) is 8.67. The molecule has 0 aromatic heterocycles. The number of hydrogen-bond acceptors (Lipinski definition) is 7. The maximum absolute atomic E-state index is 11.4. The smallest absolute Gasteiger partial charge is 0.335 e. The molecular formula is C25H40O8. The minimum absolute atomic E-state index is 0.0746. The highest BCUT2D eigenvalue weighted by atomic mass is 16.7. The molecule has 5 rings (SSSR count). The molecule has 1 aliphatic heterocycles. The lowest BCUT2D eigenvalue weighted by Crippen LogP contribution is -2.61. The first kappa shape index (κ1) is 23.9. The second-order valence-electron chi connectivity index (χ2n) is 12.1. The number of aliphatic hydroxyl groups is 4. The summed E-state index contributed by atoms with van der Waals surface area (Å²) in [4.78, 5) is 11.4. The van der Waals surface area contributed by atoms with Gasteiger partial charge in [0.1, 0.15) is 18.3 Å². The molecule has 0 radical (unpaired) electrons. The van der Waals surface area contributed by atoms with Crippen molar-refractivity contribution in [1.82, 2.24) is 0 Å². The van der Waals surface area contributed by atoms with E-state index >= 15 is 0 Å². The third-order valence-electron chi connectivity index (χ3n) is 10.7. The Balaban J connectivity index is 1.26. The van der Waals surface area contributed by atoms with Crippen LogP contribution in [-0.2, 0) is 14.3 Å². The molecule has 0 bridgehead atoms. The van der Waals surface area contributed by atoms with E-state index in [9.17, 15) is 30.3 Å². The summed E-state index contributed by atoms with van der Waals surface area (Å²) in [6, 6.07) is 0. The average Bonchev–Trinajstić information content (AvgIpc) is 3.08. The molecule has 5 fully saturated rings.